The first-order valence-electron chi connectivity index (χ1n) is 4.39. The van der Waals surface area contributed by atoms with Crippen molar-refractivity contribution in [3.8, 4) is 5.69 Å². The van der Waals surface area contributed by atoms with Crippen LogP contribution >= 0.6 is 0 Å². The third-order valence-corrected chi connectivity index (χ3v) is 2.11. The van der Waals surface area contributed by atoms with Crippen molar-refractivity contribution in [1.29, 1.82) is 0 Å². The number of nitrogens with zero attached hydrogens (tertiary/aromatic N) is 1. The van der Waals surface area contributed by atoms with Crippen molar-refractivity contribution >= 4 is 5.97 Å². The Bertz CT molecular complexity index is 600. The highest BCUT2D eigenvalue weighted by atomic mass is 19.1. The summed E-state index contributed by atoms with van der Waals surface area (Å²) in [6.45, 7) is 0. The third kappa shape index (κ3) is 1.60. The maximum atomic E-state index is 13.1. The van der Waals surface area contributed by atoms with Crippen LogP contribution in [0.5, 0.6) is 0 Å². The monoisotopic (exact) mass is 222 g/mol. The van der Waals surface area contributed by atoms with E-state index in [9.17, 15) is 14.0 Å². The average Bonchev–Trinajstić information content (AvgIpc) is 2.65. The van der Waals surface area contributed by atoms with Crippen LogP contribution in [0.2, 0.25) is 0 Å². The highest BCUT2D eigenvalue weighted by molar-refractivity contribution is 5.88. The van der Waals surface area contributed by atoms with Gasteiger partial charge in [-0.1, -0.05) is 0 Å². The number of halogens is 1. The maximum Gasteiger partial charge on any atom is 0.338 e. The molecule has 0 saturated carbocycles. The Hall–Kier alpha value is -2.37. The lowest BCUT2D eigenvalue weighted by molar-refractivity contribution is 0.0692. The molecule has 0 amide bonds. The van der Waals surface area contributed by atoms with E-state index in [4.69, 9.17) is 5.11 Å². The molecular formula is C10H7FN2O3. The Kier molecular flexibility index (Phi) is 2.32. The van der Waals surface area contributed by atoms with Crippen LogP contribution in [-0.2, 0) is 0 Å². The fourth-order valence-electron chi connectivity index (χ4n) is 1.35. The summed E-state index contributed by atoms with van der Waals surface area (Å²) < 4.78 is 14.3. The van der Waals surface area contributed by atoms with Crippen LogP contribution < -0.4 is 5.69 Å². The van der Waals surface area contributed by atoms with Gasteiger partial charge < -0.3 is 10.1 Å². The minimum atomic E-state index is -1.37. The summed E-state index contributed by atoms with van der Waals surface area (Å²) in [4.78, 5) is 24.3. The molecule has 0 atom stereocenters. The fraction of sp³-hybridized carbons (Fsp3) is 0. The zero-order chi connectivity index (χ0) is 11.7. The Morgan fingerprint density at radius 1 is 1.44 bits per heavy atom. The smallest absolute Gasteiger partial charge is 0.338 e. The third-order valence-electron chi connectivity index (χ3n) is 2.11. The Balaban J connectivity index is 2.61. The SMILES string of the molecule is O=C(O)c1cc(-n2cc[nH]c2=O)ccc1F. The van der Waals surface area contributed by atoms with Gasteiger partial charge >= 0.3 is 11.7 Å². The highest BCUT2D eigenvalue weighted by Crippen LogP contribution is 2.12. The van der Waals surface area contributed by atoms with E-state index in [1.807, 2.05) is 0 Å². The molecule has 16 heavy (non-hydrogen) atoms. The van der Waals surface area contributed by atoms with Crippen LogP contribution in [0, 0.1) is 5.82 Å². The summed E-state index contributed by atoms with van der Waals surface area (Å²) in [6.07, 6.45) is 2.84. The maximum absolute atomic E-state index is 13.1. The quantitative estimate of drug-likeness (QED) is 0.796. The van der Waals surface area contributed by atoms with Gasteiger partial charge in [0.25, 0.3) is 0 Å². The Morgan fingerprint density at radius 3 is 2.75 bits per heavy atom. The Morgan fingerprint density at radius 2 is 2.19 bits per heavy atom. The largest absolute Gasteiger partial charge is 0.478 e. The van der Waals surface area contributed by atoms with E-state index in [2.05, 4.69) is 4.98 Å². The predicted octanol–water partition coefficient (Wildman–Crippen LogP) is 1.00. The molecule has 0 spiro atoms. The van der Waals surface area contributed by atoms with Crippen molar-refractivity contribution in [3.05, 3.63) is 52.5 Å². The number of nitrogens with one attached hydrogen (secondary N) is 1. The molecule has 1 heterocycles. The molecule has 2 N–H and O–H groups in total. The second-order valence-corrected chi connectivity index (χ2v) is 3.10. The minimum Gasteiger partial charge on any atom is -0.478 e. The van der Waals surface area contributed by atoms with Crippen molar-refractivity contribution in [3.63, 3.8) is 0 Å². The molecule has 0 aliphatic heterocycles. The van der Waals surface area contributed by atoms with E-state index >= 15 is 0 Å². The summed E-state index contributed by atoms with van der Waals surface area (Å²) in [5.74, 6) is -2.21. The molecule has 1 aromatic carbocycles. The van der Waals surface area contributed by atoms with E-state index in [-0.39, 0.29) is 0 Å². The standard InChI is InChI=1S/C10H7FN2O3/c11-8-2-1-6(5-7(8)9(14)15)13-4-3-12-10(13)16/h1-5H,(H,12,16)(H,14,15). The minimum absolute atomic E-state index is 0.296. The molecule has 0 fully saturated rings. The summed E-state index contributed by atoms with van der Waals surface area (Å²) in [6, 6.07) is 3.45. The van der Waals surface area contributed by atoms with Crippen molar-refractivity contribution in [2.45, 2.75) is 0 Å². The number of hydrogen-bond acceptors (Lipinski definition) is 2. The molecule has 0 saturated heterocycles. The number of imidazole rings is 1. The first-order valence-corrected chi connectivity index (χ1v) is 4.39. The van der Waals surface area contributed by atoms with Gasteiger partial charge in [-0.3, -0.25) is 4.57 Å². The van der Waals surface area contributed by atoms with Crippen molar-refractivity contribution < 1.29 is 14.3 Å². The predicted molar refractivity (Wildman–Crippen MR) is 53.3 cm³/mol. The summed E-state index contributed by atoms with van der Waals surface area (Å²) in [5.41, 5.74) is -0.585. The van der Waals surface area contributed by atoms with Crippen LogP contribution in [0.4, 0.5) is 4.39 Å². The second kappa shape index (κ2) is 3.65. The number of carboxylic acids is 1. The molecule has 0 unspecified atom stereocenters. The van der Waals surface area contributed by atoms with Gasteiger partial charge in [0.2, 0.25) is 0 Å². The molecule has 2 rings (SSSR count). The number of rotatable bonds is 2. The van der Waals surface area contributed by atoms with Gasteiger partial charge in [0.15, 0.2) is 0 Å². The number of benzene rings is 1. The van der Waals surface area contributed by atoms with Crippen LogP contribution in [0.3, 0.4) is 0 Å². The number of aromatic amines is 1. The normalized spacial score (nSPS) is 10.3. The van der Waals surface area contributed by atoms with Gasteiger partial charge in [-0.15, -0.1) is 0 Å². The lowest BCUT2D eigenvalue weighted by Crippen LogP contribution is -2.14. The van der Waals surface area contributed by atoms with E-state index in [1.165, 1.54) is 23.0 Å². The summed E-state index contributed by atoms with van der Waals surface area (Å²) in [7, 11) is 0. The molecule has 0 aliphatic rings. The topological polar surface area (TPSA) is 75.1 Å². The van der Waals surface area contributed by atoms with E-state index in [0.717, 1.165) is 12.1 Å². The molecule has 2 aromatic rings. The van der Waals surface area contributed by atoms with Crippen molar-refractivity contribution in [1.82, 2.24) is 9.55 Å². The van der Waals surface area contributed by atoms with E-state index in [0.29, 0.717) is 5.69 Å². The van der Waals surface area contributed by atoms with E-state index < -0.39 is 23.0 Å². The number of H-pyrrole nitrogens is 1. The first kappa shape index (κ1) is 10.2. The number of hydrogen-bond donors (Lipinski definition) is 2. The van der Waals surface area contributed by atoms with Crippen molar-refractivity contribution in [2.75, 3.05) is 0 Å². The van der Waals surface area contributed by atoms with E-state index in [1.54, 1.807) is 0 Å². The molecule has 6 heteroatoms. The molecule has 1 aromatic heterocycles. The van der Waals surface area contributed by atoms with Gasteiger partial charge in [-0.2, -0.15) is 0 Å². The fourth-order valence-corrected chi connectivity index (χ4v) is 1.35. The van der Waals surface area contributed by atoms with Crippen LogP contribution in [0.1, 0.15) is 10.4 Å². The molecule has 82 valence electrons. The van der Waals surface area contributed by atoms with Crippen molar-refractivity contribution in [2.24, 2.45) is 0 Å². The number of aromatic nitrogens is 2. The molecule has 0 radical (unpaired) electrons. The average molecular weight is 222 g/mol. The van der Waals surface area contributed by atoms with Gasteiger partial charge in [0.1, 0.15) is 5.82 Å². The lowest BCUT2D eigenvalue weighted by atomic mass is 10.2. The summed E-state index contributed by atoms with van der Waals surface area (Å²) >= 11 is 0. The van der Waals surface area contributed by atoms with Gasteiger partial charge in [-0.25, -0.2) is 14.0 Å². The highest BCUT2D eigenvalue weighted by Gasteiger charge is 2.12. The van der Waals surface area contributed by atoms with Gasteiger partial charge in [0.05, 0.1) is 11.3 Å². The molecule has 5 nitrogen and oxygen atoms in total. The molecule has 0 bridgehead atoms. The molecule has 0 aliphatic carbocycles. The lowest BCUT2D eigenvalue weighted by Gasteiger charge is -2.03. The van der Waals surface area contributed by atoms with Crippen LogP contribution in [0.25, 0.3) is 5.69 Å². The van der Waals surface area contributed by atoms with Gasteiger partial charge in [0, 0.05) is 12.4 Å². The summed E-state index contributed by atoms with van der Waals surface area (Å²) in [5, 5.41) is 8.72. The van der Waals surface area contributed by atoms with Crippen LogP contribution in [0.15, 0.2) is 35.4 Å². The molecular weight excluding hydrogens is 215 g/mol. The number of aromatic carboxylic acids is 1. The Labute approximate surface area is 88.8 Å². The van der Waals surface area contributed by atoms with Crippen LogP contribution in [-0.4, -0.2) is 20.6 Å². The number of carboxylic acid groups (broad SMARTS) is 1. The van der Waals surface area contributed by atoms with Gasteiger partial charge in [-0.05, 0) is 18.2 Å². The zero-order valence-electron chi connectivity index (χ0n) is 7.98. The first-order chi connectivity index (χ1) is 7.59. The number of carbonyl (C=O) groups is 1. The second-order valence-electron chi connectivity index (χ2n) is 3.10. The zero-order valence-corrected chi connectivity index (χ0v) is 7.98.